The van der Waals surface area contributed by atoms with Crippen LogP contribution >= 0.6 is 0 Å². The van der Waals surface area contributed by atoms with Crippen LogP contribution in [0.15, 0.2) is 0 Å². The lowest BCUT2D eigenvalue weighted by Gasteiger charge is -2.34. The van der Waals surface area contributed by atoms with Gasteiger partial charge >= 0.3 is 0 Å². The van der Waals surface area contributed by atoms with Crippen molar-refractivity contribution in [1.82, 2.24) is 4.90 Å². The van der Waals surface area contributed by atoms with E-state index in [1.165, 1.54) is 0 Å². The van der Waals surface area contributed by atoms with Crippen LogP contribution in [-0.2, 0) is 4.79 Å². The van der Waals surface area contributed by atoms with Crippen molar-refractivity contribution < 1.29 is 4.79 Å². The molecule has 84 valence electrons. The minimum atomic E-state index is -0.276. The second kappa shape index (κ2) is 6.79. The Bertz CT molecular complexity index is 173. The molecule has 1 amide bonds. The standard InChI is InChI=1S/C10H23N3O/c1-4-8(3)13(5-2)9(7-11)6-10(12)14/h8-9H,4-7,11H2,1-3H3,(H2,12,14). The quantitative estimate of drug-likeness (QED) is 0.622. The van der Waals surface area contributed by atoms with E-state index in [9.17, 15) is 4.79 Å². The Kier molecular flexibility index (Phi) is 6.49. The number of primary amides is 1. The maximum Gasteiger partial charge on any atom is 0.219 e. The predicted molar refractivity (Wildman–Crippen MR) is 58.8 cm³/mol. The second-order valence-electron chi connectivity index (χ2n) is 3.65. The van der Waals surface area contributed by atoms with E-state index in [2.05, 4.69) is 25.7 Å². The van der Waals surface area contributed by atoms with E-state index < -0.39 is 0 Å². The predicted octanol–water partition coefficient (Wildman–Crippen LogP) is 0.310. The summed E-state index contributed by atoms with van der Waals surface area (Å²) in [5.41, 5.74) is 10.8. The van der Waals surface area contributed by atoms with Crippen LogP contribution in [0.3, 0.4) is 0 Å². The zero-order chi connectivity index (χ0) is 11.1. The van der Waals surface area contributed by atoms with Crippen molar-refractivity contribution in [2.75, 3.05) is 13.1 Å². The first kappa shape index (κ1) is 13.4. The van der Waals surface area contributed by atoms with Gasteiger partial charge < -0.3 is 11.5 Å². The Balaban J connectivity index is 4.35. The van der Waals surface area contributed by atoms with Gasteiger partial charge in [0.2, 0.25) is 5.91 Å². The smallest absolute Gasteiger partial charge is 0.219 e. The highest BCUT2D eigenvalue weighted by molar-refractivity contribution is 5.74. The molecule has 0 rings (SSSR count). The number of nitrogens with two attached hydrogens (primary N) is 2. The maximum absolute atomic E-state index is 10.8. The molecular formula is C10H23N3O. The minimum absolute atomic E-state index is 0.0902. The molecule has 0 bridgehead atoms. The highest BCUT2D eigenvalue weighted by atomic mass is 16.1. The van der Waals surface area contributed by atoms with E-state index in [0.29, 0.717) is 19.0 Å². The normalized spacial score (nSPS) is 15.5. The van der Waals surface area contributed by atoms with Crippen molar-refractivity contribution in [2.45, 2.75) is 45.7 Å². The van der Waals surface area contributed by atoms with Gasteiger partial charge in [0, 0.05) is 25.0 Å². The monoisotopic (exact) mass is 201 g/mol. The van der Waals surface area contributed by atoms with Gasteiger partial charge in [-0.05, 0) is 19.9 Å². The molecule has 2 unspecified atom stereocenters. The molecule has 0 aliphatic rings. The van der Waals surface area contributed by atoms with Crippen LogP contribution in [-0.4, -0.2) is 36.0 Å². The first-order valence-corrected chi connectivity index (χ1v) is 5.30. The molecule has 0 aromatic carbocycles. The SMILES string of the molecule is CCC(C)N(CC)C(CN)CC(N)=O. The maximum atomic E-state index is 10.8. The molecule has 4 N–H and O–H groups in total. The van der Waals surface area contributed by atoms with Crippen LogP contribution in [0.1, 0.15) is 33.6 Å². The molecule has 0 spiro atoms. The Hall–Kier alpha value is -0.610. The van der Waals surface area contributed by atoms with E-state index in [1.54, 1.807) is 0 Å². The molecule has 4 nitrogen and oxygen atoms in total. The van der Waals surface area contributed by atoms with E-state index in [1.807, 2.05) is 0 Å². The summed E-state index contributed by atoms with van der Waals surface area (Å²) in [5, 5.41) is 0. The second-order valence-corrected chi connectivity index (χ2v) is 3.65. The molecule has 0 saturated heterocycles. The van der Waals surface area contributed by atoms with E-state index in [0.717, 1.165) is 13.0 Å². The molecule has 0 aliphatic carbocycles. The third-order valence-electron chi connectivity index (χ3n) is 2.70. The van der Waals surface area contributed by atoms with Gasteiger partial charge in [0.1, 0.15) is 0 Å². The molecule has 4 heteroatoms. The number of hydrogen-bond donors (Lipinski definition) is 2. The van der Waals surface area contributed by atoms with E-state index in [4.69, 9.17) is 11.5 Å². The van der Waals surface area contributed by atoms with Gasteiger partial charge in [0.15, 0.2) is 0 Å². The van der Waals surface area contributed by atoms with Gasteiger partial charge in [-0.3, -0.25) is 9.69 Å². The lowest BCUT2D eigenvalue weighted by atomic mass is 10.1. The first-order valence-electron chi connectivity index (χ1n) is 5.30. The number of amides is 1. The van der Waals surface area contributed by atoms with Gasteiger partial charge in [0.05, 0.1) is 0 Å². The van der Waals surface area contributed by atoms with Crippen LogP contribution in [0.2, 0.25) is 0 Å². The summed E-state index contributed by atoms with van der Waals surface area (Å²) < 4.78 is 0. The Morgan fingerprint density at radius 3 is 2.29 bits per heavy atom. The molecule has 0 heterocycles. The van der Waals surface area contributed by atoms with Gasteiger partial charge in [-0.1, -0.05) is 13.8 Å². The van der Waals surface area contributed by atoms with E-state index >= 15 is 0 Å². The fourth-order valence-corrected chi connectivity index (χ4v) is 1.73. The van der Waals surface area contributed by atoms with Gasteiger partial charge in [-0.25, -0.2) is 0 Å². The summed E-state index contributed by atoms with van der Waals surface area (Å²) in [6.07, 6.45) is 1.41. The average Bonchev–Trinajstić information content (AvgIpc) is 2.16. The molecule has 0 radical (unpaired) electrons. The van der Waals surface area contributed by atoms with E-state index in [-0.39, 0.29) is 11.9 Å². The number of nitrogens with zero attached hydrogens (tertiary/aromatic N) is 1. The summed E-state index contributed by atoms with van der Waals surface area (Å²) in [5.74, 6) is -0.276. The van der Waals surface area contributed by atoms with Crippen LogP contribution < -0.4 is 11.5 Å². The molecular weight excluding hydrogens is 178 g/mol. The highest BCUT2D eigenvalue weighted by Gasteiger charge is 2.21. The van der Waals surface area contributed by atoms with Gasteiger partial charge in [0.25, 0.3) is 0 Å². The van der Waals surface area contributed by atoms with Crippen molar-refractivity contribution in [3.8, 4) is 0 Å². The zero-order valence-electron chi connectivity index (χ0n) is 9.49. The van der Waals surface area contributed by atoms with Crippen LogP contribution in [0.25, 0.3) is 0 Å². The van der Waals surface area contributed by atoms with Crippen molar-refractivity contribution in [1.29, 1.82) is 0 Å². The Morgan fingerprint density at radius 2 is 2.00 bits per heavy atom. The van der Waals surface area contributed by atoms with Crippen LogP contribution in [0.5, 0.6) is 0 Å². The topological polar surface area (TPSA) is 72.3 Å². The first-order chi connectivity index (χ1) is 6.56. The third-order valence-corrected chi connectivity index (χ3v) is 2.70. The molecule has 0 aromatic heterocycles. The number of carbonyl (C=O) groups excluding carboxylic acids is 1. The van der Waals surface area contributed by atoms with Gasteiger partial charge in [-0.15, -0.1) is 0 Å². The number of likely N-dealkylation sites (N-methyl/N-ethyl adjacent to an activating group) is 1. The lowest BCUT2D eigenvalue weighted by Crippen LogP contribution is -2.47. The molecule has 2 atom stereocenters. The number of hydrogen-bond acceptors (Lipinski definition) is 3. The Labute approximate surface area is 86.6 Å². The molecule has 0 aliphatic heterocycles. The number of carbonyl (C=O) groups is 1. The third kappa shape index (κ3) is 4.07. The van der Waals surface area contributed by atoms with Crippen molar-refractivity contribution in [3.05, 3.63) is 0 Å². The summed E-state index contributed by atoms with van der Waals surface area (Å²) in [7, 11) is 0. The number of rotatable bonds is 7. The molecule has 14 heavy (non-hydrogen) atoms. The van der Waals surface area contributed by atoms with Gasteiger partial charge in [-0.2, -0.15) is 0 Å². The fourth-order valence-electron chi connectivity index (χ4n) is 1.73. The van der Waals surface area contributed by atoms with Crippen molar-refractivity contribution in [3.63, 3.8) is 0 Å². The van der Waals surface area contributed by atoms with Crippen molar-refractivity contribution in [2.24, 2.45) is 11.5 Å². The van der Waals surface area contributed by atoms with Crippen LogP contribution in [0, 0.1) is 0 Å². The zero-order valence-corrected chi connectivity index (χ0v) is 9.49. The molecule has 0 aromatic rings. The largest absolute Gasteiger partial charge is 0.370 e. The average molecular weight is 201 g/mol. The molecule has 0 fully saturated rings. The highest BCUT2D eigenvalue weighted by Crippen LogP contribution is 2.10. The summed E-state index contributed by atoms with van der Waals surface area (Å²) in [6, 6.07) is 0.542. The van der Waals surface area contributed by atoms with Crippen molar-refractivity contribution >= 4 is 5.91 Å². The molecule has 0 saturated carbocycles. The summed E-state index contributed by atoms with van der Waals surface area (Å²) in [4.78, 5) is 13.1. The lowest BCUT2D eigenvalue weighted by molar-refractivity contribution is -0.119. The fraction of sp³-hybridized carbons (Fsp3) is 0.900. The van der Waals surface area contributed by atoms with Crippen LogP contribution in [0.4, 0.5) is 0 Å². The summed E-state index contributed by atoms with van der Waals surface area (Å²) in [6.45, 7) is 7.75. The minimum Gasteiger partial charge on any atom is -0.370 e. The Morgan fingerprint density at radius 1 is 1.43 bits per heavy atom. The summed E-state index contributed by atoms with van der Waals surface area (Å²) >= 11 is 0.